The van der Waals surface area contributed by atoms with E-state index >= 15 is 0 Å². The number of nitrogens with one attached hydrogen (secondary N) is 2. The van der Waals surface area contributed by atoms with Gasteiger partial charge in [-0.05, 0) is 61.4 Å². The van der Waals surface area contributed by atoms with Crippen molar-refractivity contribution < 1.29 is 29.0 Å². The van der Waals surface area contributed by atoms with Crippen LogP contribution in [0.2, 0.25) is 5.02 Å². The predicted molar refractivity (Wildman–Crippen MR) is 191 cm³/mol. The smallest absolute Gasteiger partial charge is 0.410 e. The fourth-order valence-electron chi connectivity index (χ4n) is 8.01. The molecule has 7 rings (SSSR count). The number of nitrogens with zero attached hydrogens (tertiary/aromatic N) is 6. The molecule has 4 amide bonds. The number of benzene rings is 2. The number of amides is 4. The van der Waals surface area contributed by atoms with Gasteiger partial charge in [0.2, 0.25) is 0 Å². The summed E-state index contributed by atoms with van der Waals surface area (Å²) in [6, 6.07) is 11.7. The van der Waals surface area contributed by atoms with Gasteiger partial charge in [-0.2, -0.15) is 5.10 Å². The van der Waals surface area contributed by atoms with Crippen molar-refractivity contribution in [1.29, 1.82) is 0 Å². The van der Waals surface area contributed by atoms with Gasteiger partial charge in [0, 0.05) is 88.5 Å². The number of anilines is 1. The molecule has 0 radical (unpaired) electrons. The summed E-state index contributed by atoms with van der Waals surface area (Å²) in [5, 5.41) is 20.4. The van der Waals surface area contributed by atoms with Crippen LogP contribution in [0.5, 0.6) is 0 Å². The first-order chi connectivity index (χ1) is 24.7. The van der Waals surface area contributed by atoms with Crippen molar-refractivity contribution in [2.75, 3.05) is 70.8 Å². The molecular formula is C36H45ClN8O6. The first kappa shape index (κ1) is 35.0. The number of hydrogen-bond acceptors (Lipinski definition) is 8. The molecule has 3 saturated heterocycles. The Morgan fingerprint density at radius 1 is 0.922 bits per heavy atom. The van der Waals surface area contributed by atoms with Gasteiger partial charge in [-0.1, -0.05) is 29.8 Å². The third-order valence-electron chi connectivity index (χ3n) is 10.9. The van der Waals surface area contributed by atoms with Crippen LogP contribution in [0.25, 0.3) is 10.9 Å². The topological polar surface area (TPSA) is 155 Å². The second kappa shape index (κ2) is 15.5. The van der Waals surface area contributed by atoms with Crippen LogP contribution in [0.3, 0.4) is 0 Å². The maximum atomic E-state index is 14.1. The van der Waals surface area contributed by atoms with Gasteiger partial charge in [0.15, 0.2) is 6.10 Å². The highest BCUT2D eigenvalue weighted by molar-refractivity contribution is 6.35. The molecule has 4 aliphatic heterocycles. The molecule has 0 bridgehead atoms. The minimum atomic E-state index is -1.04. The lowest BCUT2D eigenvalue weighted by molar-refractivity contribution is -0.142. The maximum absolute atomic E-state index is 14.1. The minimum absolute atomic E-state index is 0.00828. The number of carbonyl (C=O) groups excluding carboxylic acids is 3. The molecule has 272 valence electrons. The van der Waals surface area contributed by atoms with Crippen LogP contribution in [0, 0.1) is 0 Å². The normalized spacial score (nSPS) is 20.5. The van der Waals surface area contributed by atoms with Gasteiger partial charge < -0.3 is 29.9 Å². The number of piperidine rings is 2. The first-order valence-electron chi connectivity index (χ1n) is 17.9. The van der Waals surface area contributed by atoms with Crippen molar-refractivity contribution >= 4 is 52.2 Å². The lowest BCUT2D eigenvalue weighted by Gasteiger charge is -2.43. The number of para-hydroxylation sites is 1. The molecule has 3 N–H and O–H groups in total. The van der Waals surface area contributed by atoms with E-state index in [4.69, 9.17) is 21.4 Å². The zero-order chi connectivity index (χ0) is 35.5. The fourth-order valence-corrected chi connectivity index (χ4v) is 8.30. The summed E-state index contributed by atoms with van der Waals surface area (Å²) < 4.78 is 6.07. The molecule has 3 aromatic rings. The lowest BCUT2D eigenvalue weighted by atomic mass is 10.00. The standard InChI is InChI=1S/C36H45ClN8O6/c37-29-20-24(19-26-22-38-40-33(26)29)21-31(34(48)43-10-6-27(7-11-43)42-17-15-41(16-18-42)23-32(46)47)51-36(50)44-12-8-28(9-13-44)45-14-5-25-3-1-2-4-30(25)39-35(45)49/h1-4,19-20,22,27-28,31H,5-18,21,23H2,(H,38,40)(H,39,49)(H,46,47)/t31-/m1/s1. The molecule has 51 heavy (non-hydrogen) atoms. The third kappa shape index (κ3) is 8.08. The molecule has 4 aliphatic rings. The third-order valence-corrected chi connectivity index (χ3v) is 11.2. The van der Waals surface area contributed by atoms with E-state index in [2.05, 4.69) is 20.4 Å². The molecule has 2 aromatic carbocycles. The highest BCUT2D eigenvalue weighted by Crippen LogP contribution is 2.28. The number of carbonyl (C=O) groups is 4. The van der Waals surface area contributed by atoms with E-state index < -0.39 is 18.2 Å². The number of rotatable bonds is 8. The quantitative estimate of drug-likeness (QED) is 0.317. The van der Waals surface area contributed by atoms with Gasteiger partial charge in [-0.3, -0.25) is 24.5 Å². The molecule has 15 heteroatoms. The number of carboxylic acid groups (broad SMARTS) is 1. The van der Waals surface area contributed by atoms with Crippen LogP contribution in [0.1, 0.15) is 36.8 Å². The molecule has 0 aliphatic carbocycles. The number of ether oxygens (including phenoxy) is 1. The van der Waals surface area contributed by atoms with Gasteiger partial charge in [0.25, 0.3) is 5.91 Å². The minimum Gasteiger partial charge on any atom is -0.480 e. The van der Waals surface area contributed by atoms with Gasteiger partial charge in [-0.15, -0.1) is 0 Å². The van der Waals surface area contributed by atoms with Crippen LogP contribution >= 0.6 is 11.6 Å². The Labute approximate surface area is 301 Å². The number of likely N-dealkylation sites (tertiary alicyclic amines) is 2. The fraction of sp³-hybridized carbons (Fsp3) is 0.528. The maximum Gasteiger partial charge on any atom is 0.410 e. The SMILES string of the molecule is O=C(O)CN1CCN(C2CCN(C(=O)[C@@H](Cc3cc(Cl)c4[nH]ncc4c3)OC(=O)N3CCC(N4CCc5ccccc5NC4=O)CC3)CC2)CC1. The average molecular weight is 721 g/mol. The zero-order valence-corrected chi connectivity index (χ0v) is 29.4. The Bertz CT molecular complexity index is 1750. The van der Waals surface area contributed by atoms with E-state index in [9.17, 15) is 19.2 Å². The summed E-state index contributed by atoms with van der Waals surface area (Å²) in [5.41, 5.74) is 3.42. The van der Waals surface area contributed by atoms with Crippen molar-refractivity contribution in [2.45, 2.75) is 56.7 Å². The number of halogens is 1. The van der Waals surface area contributed by atoms with E-state index in [-0.39, 0.29) is 30.9 Å². The number of urea groups is 1. The molecule has 0 saturated carbocycles. The number of aromatic nitrogens is 2. The van der Waals surface area contributed by atoms with Crippen molar-refractivity contribution in [1.82, 2.24) is 34.7 Å². The van der Waals surface area contributed by atoms with Crippen LogP contribution in [0.15, 0.2) is 42.6 Å². The van der Waals surface area contributed by atoms with Gasteiger partial charge in [-0.25, -0.2) is 9.59 Å². The Balaban J connectivity index is 0.977. The number of aliphatic carboxylic acids is 1. The Kier molecular flexibility index (Phi) is 10.6. The largest absolute Gasteiger partial charge is 0.480 e. The van der Waals surface area contributed by atoms with E-state index in [1.54, 1.807) is 22.1 Å². The van der Waals surface area contributed by atoms with Gasteiger partial charge >= 0.3 is 18.1 Å². The molecule has 5 heterocycles. The van der Waals surface area contributed by atoms with E-state index in [0.717, 1.165) is 54.6 Å². The number of carboxylic acids is 1. The highest BCUT2D eigenvalue weighted by Gasteiger charge is 2.36. The van der Waals surface area contributed by atoms with Crippen LogP contribution in [0.4, 0.5) is 15.3 Å². The van der Waals surface area contributed by atoms with Crippen molar-refractivity contribution in [2.24, 2.45) is 0 Å². The van der Waals surface area contributed by atoms with E-state index in [0.29, 0.717) is 75.2 Å². The Morgan fingerprint density at radius 2 is 1.63 bits per heavy atom. The van der Waals surface area contributed by atoms with Crippen LogP contribution in [-0.2, 0) is 27.2 Å². The van der Waals surface area contributed by atoms with E-state index in [1.807, 2.05) is 40.1 Å². The average Bonchev–Trinajstić information content (AvgIpc) is 3.55. The summed E-state index contributed by atoms with van der Waals surface area (Å²) >= 11 is 6.54. The zero-order valence-electron chi connectivity index (χ0n) is 28.6. The van der Waals surface area contributed by atoms with Crippen molar-refractivity contribution in [3.8, 4) is 0 Å². The molecular weight excluding hydrogens is 676 g/mol. The summed E-state index contributed by atoms with van der Waals surface area (Å²) in [4.78, 5) is 61.7. The summed E-state index contributed by atoms with van der Waals surface area (Å²) in [6.07, 6.45) is 3.84. The van der Waals surface area contributed by atoms with Crippen molar-refractivity contribution in [3.63, 3.8) is 0 Å². The molecule has 1 atom stereocenters. The molecule has 3 fully saturated rings. The molecule has 1 aromatic heterocycles. The van der Waals surface area contributed by atoms with E-state index in [1.165, 1.54) is 0 Å². The Morgan fingerprint density at radius 3 is 2.37 bits per heavy atom. The number of aromatic amines is 1. The van der Waals surface area contributed by atoms with Crippen LogP contribution < -0.4 is 5.32 Å². The number of H-pyrrole nitrogens is 1. The van der Waals surface area contributed by atoms with Crippen LogP contribution in [-0.4, -0.2) is 147 Å². The lowest BCUT2D eigenvalue weighted by Crippen LogP contribution is -2.55. The highest BCUT2D eigenvalue weighted by atomic mass is 35.5. The second-order valence-corrected chi connectivity index (χ2v) is 14.4. The first-order valence-corrected chi connectivity index (χ1v) is 18.3. The number of hydrogen-bond donors (Lipinski definition) is 3. The Hall–Kier alpha value is -4.40. The second-order valence-electron chi connectivity index (χ2n) is 14.0. The summed E-state index contributed by atoms with van der Waals surface area (Å²) in [5.74, 6) is -1.04. The monoisotopic (exact) mass is 720 g/mol. The number of fused-ring (bicyclic) bond motifs is 2. The number of piperazine rings is 1. The molecule has 14 nitrogen and oxygen atoms in total. The molecule has 0 spiro atoms. The molecule has 0 unspecified atom stereocenters. The summed E-state index contributed by atoms with van der Waals surface area (Å²) in [6.45, 7) is 5.61. The van der Waals surface area contributed by atoms with Crippen molar-refractivity contribution in [3.05, 3.63) is 58.7 Å². The van der Waals surface area contributed by atoms with Gasteiger partial charge in [0.05, 0.1) is 23.3 Å². The summed E-state index contributed by atoms with van der Waals surface area (Å²) in [7, 11) is 0. The van der Waals surface area contributed by atoms with Gasteiger partial charge in [0.1, 0.15) is 0 Å². The predicted octanol–water partition coefficient (Wildman–Crippen LogP) is 3.51.